The van der Waals surface area contributed by atoms with Crippen molar-refractivity contribution < 1.29 is 9.90 Å². The molecule has 1 aromatic rings. The van der Waals surface area contributed by atoms with Gasteiger partial charge in [-0.1, -0.05) is 6.92 Å². The van der Waals surface area contributed by atoms with Gasteiger partial charge in [-0.25, -0.2) is 0 Å². The van der Waals surface area contributed by atoms with Crippen LogP contribution >= 0.6 is 0 Å². The van der Waals surface area contributed by atoms with E-state index in [4.69, 9.17) is 0 Å². The normalized spacial score (nSPS) is 15.9. The summed E-state index contributed by atoms with van der Waals surface area (Å²) in [6.45, 7) is 7.72. The molecule has 0 aliphatic carbocycles. The van der Waals surface area contributed by atoms with Gasteiger partial charge in [0.15, 0.2) is 0 Å². The number of rotatable bonds is 5. The van der Waals surface area contributed by atoms with E-state index >= 15 is 0 Å². The molecule has 0 spiro atoms. The lowest BCUT2D eigenvalue weighted by atomic mass is 9.97. The summed E-state index contributed by atoms with van der Waals surface area (Å²) >= 11 is 0. The second-order valence-corrected chi connectivity index (χ2v) is 5.94. The molecule has 0 saturated carbocycles. The predicted octanol–water partition coefficient (Wildman–Crippen LogP) is 2.55. The predicted molar refractivity (Wildman–Crippen MR) is 84.6 cm³/mol. The zero-order valence-corrected chi connectivity index (χ0v) is 13.1. The van der Waals surface area contributed by atoms with Crippen LogP contribution in [0.3, 0.4) is 0 Å². The highest BCUT2D eigenvalue weighted by atomic mass is 16.3. The average molecular weight is 290 g/mol. The zero-order valence-electron chi connectivity index (χ0n) is 13.1. The SMILES string of the molecule is CCCN(CC1CCNCC1)C(=O)c1ccc(O)cc1C. The van der Waals surface area contributed by atoms with E-state index in [1.54, 1.807) is 18.2 Å². The Morgan fingerprint density at radius 3 is 2.71 bits per heavy atom. The Morgan fingerprint density at radius 2 is 2.10 bits per heavy atom. The molecule has 116 valence electrons. The standard InChI is InChI=1S/C17H26N2O2/c1-3-10-19(12-14-6-8-18-9-7-14)17(21)16-5-4-15(20)11-13(16)2/h4-5,11,14,18,20H,3,6-10,12H2,1-2H3. The first-order valence-electron chi connectivity index (χ1n) is 7.91. The molecule has 1 aliphatic rings. The summed E-state index contributed by atoms with van der Waals surface area (Å²) in [5.74, 6) is 0.900. The molecule has 1 amide bonds. The van der Waals surface area contributed by atoms with Crippen LogP contribution in [0.1, 0.15) is 42.1 Å². The van der Waals surface area contributed by atoms with Crippen molar-refractivity contribution in [2.75, 3.05) is 26.2 Å². The maximum absolute atomic E-state index is 12.8. The van der Waals surface area contributed by atoms with Crippen LogP contribution in [0.15, 0.2) is 18.2 Å². The highest BCUT2D eigenvalue weighted by Gasteiger charge is 2.22. The number of nitrogens with zero attached hydrogens (tertiary/aromatic N) is 1. The molecule has 0 radical (unpaired) electrons. The maximum atomic E-state index is 12.8. The van der Waals surface area contributed by atoms with Crippen LogP contribution in [-0.2, 0) is 0 Å². The van der Waals surface area contributed by atoms with Crippen molar-refractivity contribution in [2.45, 2.75) is 33.1 Å². The summed E-state index contributed by atoms with van der Waals surface area (Å²) in [5.41, 5.74) is 1.54. The van der Waals surface area contributed by atoms with E-state index in [1.807, 2.05) is 11.8 Å². The molecule has 1 aromatic carbocycles. The number of carbonyl (C=O) groups is 1. The molecule has 21 heavy (non-hydrogen) atoms. The lowest BCUT2D eigenvalue weighted by Gasteiger charge is -2.30. The Kier molecular flexibility index (Phi) is 5.62. The second kappa shape index (κ2) is 7.46. The van der Waals surface area contributed by atoms with E-state index in [2.05, 4.69) is 12.2 Å². The number of phenols is 1. The quantitative estimate of drug-likeness (QED) is 0.876. The van der Waals surface area contributed by atoms with Gasteiger partial charge in [0.1, 0.15) is 5.75 Å². The molecule has 1 heterocycles. The minimum Gasteiger partial charge on any atom is -0.508 e. The number of aryl methyl sites for hydroxylation is 1. The molecule has 2 N–H and O–H groups in total. The number of benzene rings is 1. The molecule has 4 nitrogen and oxygen atoms in total. The van der Waals surface area contributed by atoms with Crippen molar-refractivity contribution in [1.82, 2.24) is 10.2 Å². The first kappa shape index (κ1) is 15.8. The van der Waals surface area contributed by atoms with E-state index in [0.29, 0.717) is 11.5 Å². The van der Waals surface area contributed by atoms with Crippen LogP contribution in [0.25, 0.3) is 0 Å². The average Bonchev–Trinajstić information content (AvgIpc) is 2.47. The number of hydrogen-bond acceptors (Lipinski definition) is 3. The van der Waals surface area contributed by atoms with Crippen LogP contribution < -0.4 is 5.32 Å². The lowest BCUT2D eigenvalue weighted by Crippen LogP contribution is -2.40. The molecular formula is C17H26N2O2. The number of carbonyl (C=O) groups excluding carboxylic acids is 1. The van der Waals surface area contributed by atoms with Gasteiger partial charge in [0.25, 0.3) is 5.91 Å². The molecule has 0 unspecified atom stereocenters. The highest BCUT2D eigenvalue weighted by molar-refractivity contribution is 5.95. The largest absolute Gasteiger partial charge is 0.508 e. The highest BCUT2D eigenvalue weighted by Crippen LogP contribution is 2.20. The van der Waals surface area contributed by atoms with Gasteiger partial charge in [-0.05, 0) is 69.0 Å². The summed E-state index contributed by atoms with van der Waals surface area (Å²) in [5, 5.41) is 12.9. The van der Waals surface area contributed by atoms with Crippen LogP contribution in [0, 0.1) is 12.8 Å². The number of piperidine rings is 1. The first-order chi connectivity index (χ1) is 10.1. The van der Waals surface area contributed by atoms with Gasteiger partial charge in [0.2, 0.25) is 0 Å². The Bertz CT molecular complexity index is 482. The summed E-state index contributed by atoms with van der Waals surface area (Å²) < 4.78 is 0. The lowest BCUT2D eigenvalue weighted by molar-refractivity contribution is 0.0715. The minimum absolute atomic E-state index is 0.0906. The molecule has 1 saturated heterocycles. The number of phenolic OH excluding ortho intramolecular Hbond substituents is 1. The smallest absolute Gasteiger partial charge is 0.254 e. The fraction of sp³-hybridized carbons (Fsp3) is 0.588. The Labute approximate surface area is 127 Å². The fourth-order valence-corrected chi connectivity index (χ4v) is 2.98. The number of hydrogen-bond donors (Lipinski definition) is 2. The summed E-state index contributed by atoms with van der Waals surface area (Å²) in [6.07, 6.45) is 3.25. The molecule has 1 fully saturated rings. The Balaban J connectivity index is 2.10. The maximum Gasteiger partial charge on any atom is 0.254 e. The summed E-state index contributed by atoms with van der Waals surface area (Å²) in [6, 6.07) is 4.98. The van der Waals surface area contributed by atoms with Gasteiger partial charge in [-0.15, -0.1) is 0 Å². The number of aromatic hydroxyl groups is 1. The molecule has 0 atom stereocenters. The first-order valence-corrected chi connectivity index (χ1v) is 7.91. The van der Waals surface area contributed by atoms with Gasteiger partial charge in [0, 0.05) is 18.7 Å². The van der Waals surface area contributed by atoms with Crippen LogP contribution in [0.4, 0.5) is 0 Å². The summed E-state index contributed by atoms with van der Waals surface area (Å²) in [7, 11) is 0. The molecule has 2 rings (SSSR count). The molecule has 1 aliphatic heterocycles. The monoisotopic (exact) mass is 290 g/mol. The van der Waals surface area contributed by atoms with Crippen LogP contribution in [0.5, 0.6) is 5.75 Å². The topological polar surface area (TPSA) is 52.6 Å². The van der Waals surface area contributed by atoms with Crippen molar-refractivity contribution >= 4 is 5.91 Å². The summed E-state index contributed by atoms with van der Waals surface area (Å²) in [4.78, 5) is 14.8. The molecular weight excluding hydrogens is 264 g/mol. The van der Waals surface area contributed by atoms with Crippen molar-refractivity contribution in [3.63, 3.8) is 0 Å². The third-order valence-corrected chi connectivity index (χ3v) is 4.16. The van der Waals surface area contributed by atoms with E-state index < -0.39 is 0 Å². The van der Waals surface area contributed by atoms with Gasteiger partial charge in [0.05, 0.1) is 0 Å². The van der Waals surface area contributed by atoms with Gasteiger partial charge >= 0.3 is 0 Å². The van der Waals surface area contributed by atoms with Gasteiger partial charge < -0.3 is 15.3 Å². The van der Waals surface area contributed by atoms with E-state index in [9.17, 15) is 9.90 Å². The number of nitrogens with one attached hydrogen (secondary N) is 1. The van der Waals surface area contributed by atoms with Crippen molar-refractivity contribution in [3.8, 4) is 5.75 Å². The van der Waals surface area contributed by atoms with E-state index in [0.717, 1.165) is 51.0 Å². The van der Waals surface area contributed by atoms with Crippen LogP contribution in [0.2, 0.25) is 0 Å². The molecule has 0 aromatic heterocycles. The van der Waals surface area contributed by atoms with E-state index in [-0.39, 0.29) is 11.7 Å². The van der Waals surface area contributed by atoms with Crippen molar-refractivity contribution in [1.29, 1.82) is 0 Å². The zero-order chi connectivity index (χ0) is 15.2. The van der Waals surface area contributed by atoms with Crippen molar-refractivity contribution in [2.24, 2.45) is 5.92 Å². The second-order valence-electron chi connectivity index (χ2n) is 5.94. The van der Waals surface area contributed by atoms with Crippen LogP contribution in [-0.4, -0.2) is 42.1 Å². The van der Waals surface area contributed by atoms with E-state index in [1.165, 1.54) is 0 Å². The molecule has 4 heteroatoms. The molecule has 0 bridgehead atoms. The fourth-order valence-electron chi connectivity index (χ4n) is 2.98. The minimum atomic E-state index is 0.0906. The third-order valence-electron chi connectivity index (χ3n) is 4.16. The van der Waals surface area contributed by atoms with Crippen molar-refractivity contribution in [3.05, 3.63) is 29.3 Å². The van der Waals surface area contributed by atoms with Gasteiger partial charge in [-0.3, -0.25) is 4.79 Å². The van der Waals surface area contributed by atoms with Gasteiger partial charge in [-0.2, -0.15) is 0 Å². The Morgan fingerprint density at radius 1 is 1.38 bits per heavy atom. The third kappa shape index (κ3) is 4.21. The Hall–Kier alpha value is -1.55. The number of amides is 1.